The zero-order chi connectivity index (χ0) is 18.2. The first kappa shape index (κ1) is 15.7. The molecule has 1 aromatic heterocycles. The molecular formula is C21H17N3O3. The second kappa shape index (κ2) is 6.32. The second-order valence-corrected chi connectivity index (χ2v) is 6.45. The van der Waals surface area contributed by atoms with Gasteiger partial charge in [-0.2, -0.15) is 0 Å². The number of carbonyl (C=O) groups is 1. The fourth-order valence-electron chi connectivity index (χ4n) is 3.46. The van der Waals surface area contributed by atoms with Crippen LogP contribution in [0.3, 0.4) is 0 Å². The number of benzene rings is 2. The average molecular weight is 359 g/mol. The number of aromatic nitrogens is 1. The van der Waals surface area contributed by atoms with Crippen molar-refractivity contribution in [2.45, 2.75) is 6.42 Å². The summed E-state index contributed by atoms with van der Waals surface area (Å²) >= 11 is 0. The predicted octanol–water partition coefficient (Wildman–Crippen LogP) is 3.76. The van der Waals surface area contributed by atoms with Crippen molar-refractivity contribution in [3.05, 3.63) is 72.1 Å². The lowest BCUT2D eigenvalue weighted by atomic mass is 10.2. The van der Waals surface area contributed by atoms with E-state index in [0.29, 0.717) is 22.9 Å². The van der Waals surface area contributed by atoms with Gasteiger partial charge < -0.3 is 19.7 Å². The first-order chi connectivity index (χ1) is 13.3. The van der Waals surface area contributed by atoms with Crippen molar-refractivity contribution >= 4 is 23.0 Å². The number of amides is 1. The molecule has 3 aromatic rings. The summed E-state index contributed by atoms with van der Waals surface area (Å²) in [5.74, 6) is 1.05. The Bertz CT molecular complexity index is 1020. The number of para-hydroxylation sites is 1. The van der Waals surface area contributed by atoms with Gasteiger partial charge in [-0.1, -0.05) is 18.2 Å². The van der Waals surface area contributed by atoms with E-state index in [0.717, 1.165) is 18.7 Å². The third-order valence-corrected chi connectivity index (χ3v) is 4.81. The maximum Gasteiger partial charge on any atom is 0.274 e. The number of carbonyl (C=O) groups excluding carboxylic acids is 1. The molecule has 0 spiro atoms. The van der Waals surface area contributed by atoms with Crippen LogP contribution in [-0.4, -0.2) is 24.2 Å². The van der Waals surface area contributed by atoms with Crippen LogP contribution in [0.25, 0.3) is 0 Å². The number of rotatable bonds is 3. The van der Waals surface area contributed by atoms with Crippen molar-refractivity contribution < 1.29 is 14.3 Å². The van der Waals surface area contributed by atoms with Crippen LogP contribution in [0.5, 0.6) is 11.5 Å². The predicted molar refractivity (Wildman–Crippen MR) is 102 cm³/mol. The average Bonchev–Trinajstić information content (AvgIpc) is 3.34. The number of nitrogens with one attached hydrogen (secondary N) is 1. The summed E-state index contributed by atoms with van der Waals surface area (Å²) in [6.07, 6.45) is 2.76. The minimum Gasteiger partial charge on any atom is -0.454 e. The van der Waals surface area contributed by atoms with Crippen LogP contribution in [0.1, 0.15) is 16.1 Å². The van der Waals surface area contributed by atoms with Gasteiger partial charge in [-0.15, -0.1) is 0 Å². The third-order valence-electron chi connectivity index (χ3n) is 4.81. The number of hydrogen-bond donors (Lipinski definition) is 1. The van der Waals surface area contributed by atoms with Gasteiger partial charge in [0.2, 0.25) is 6.79 Å². The summed E-state index contributed by atoms with van der Waals surface area (Å²) in [5, 5.41) is 2.84. The molecule has 0 radical (unpaired) electrons. The van der Waals surface area contributed by atoms with E-state index in [1.807, 2.05) is 12.1 Å². The van der Waals surface area contributed by atoms with Crippen molar-refractivity contribution in [1.82, 2.24) is 4.98 Å². The van der Waals surface area contributed by atoms with E-state index >= 15 is 0 Å². The lowest BCUT2D eigenvalue weighted by Crippen LogP contribution is -2.16. The highest BCUT2D eigenvalue weighted by Crippen LogP contribution is 2.35. The zero-order valence-electron chi connectivity index (χ0n) is 14.5. The molecule has 0 atom stereocenters. The van der Waals surface area contributed by atoms with E-state index in [9.17, 15) is 4.79 Å². The van der Waals surface area contributed by atoms with Crippen LogP contribution >= 0.6 is 0 Å². The highest BCUT2D eigenvalue weighted by Gasteiger charge is 2.20. The number of ether oxygens (including phenoxy) is 2. The number of pyridine rings is 1. The highest BCUT2D eigenvalue weighted by atomic mass is 16.7. The standard InChI is InChI=1S/C21H17N3O3/c25-21(23-15-5-8-19-20(11-15)27-13-26-19)17-7-6-16(12-22-17)24-10-9-14-3-1-2-4-18(14)24/h1-8,11-12H,9-10,13H2,(H,23,25). The molecule has 3 heterocycles. The van der Waals surface area contributed by atoms with E-state index in [4.69, 9.17) is 9.47 Å². The molecule has 2 aromatic carbocycles. The van der Waals surface area contributed by atoms with Crippen molar-refractivity contribution in [3.63, 3.8) is 0 Å². The molecule has 134 valence electrons. The Morgan fingerprint density at radius 2 is 1.93 bits per heavy atom. The molecule has 2 aliphatic rings. The van der Waals surface area contributed by atoms with Gasteiger partial charge in [0, 0.05) is 24.0 Å². The Labute approximate surface area is 156 Å². The molecule has 0 saturated carbocycles. The van der Waals surface area contributed by atoms with Gasteiger partial charge in [-0.05, 0) is 42.3 Å². The molecule has 0 unspecified atom stereocenters. The van der Waals surface area contributed by atoms with E-state index in [2.05, 4.69) is 33.4 Å². The highest BCUT2D eigenvalue weighted by molar-refractivity contribution is 6.03. The molecule has 0 aliphatic carbocycles. The van der Waals surface area contributed by atoms with Crippen LogP contribution in [0.4, 0.5) is 17.1 Å². The van der Waals surface area contributed by atoms with Crippen molar-refractivity contribution in [1.29, 1.82) is 0 Å². The summed E-state index contributed by atoms with van der Waals surface area (Å²) in [4.78, 5) is 19.1. The molecule has 2 aliphatic heterocycles. The first-order valence-corrected chi connectivity index (χ1v) is 8.80. The summed E-state index contributed by atoms with van der Waals surface area (Å²) < 4.78 is 10.6. The molecule has 6 heteroatoms. The topological polar surface area (TPSA) is 63.7 Å². The summed E-state index contributed by atoms with van der Waals surface area (Å²) in [7, 11) is 0. The molecule has 6 nitrogen and oxygen atoms in total. The number of anilines is 3. The monoisotopic (exact) mass is 359 g/mol. The molecular weight excluding hydrogens is 342 g/mol. The molecule has 5 rings (SSSR count). The summed E-state index contributed by atoms with van der Waals surface area (Å²) in [6, 6.07) is 17.3. The SMILES string of the molecule is O=C(Nc1ccc2c(c1)OCO2)c1ccc(N2CCc3ccccc32)cn1. The van der Waals surface area contributed by atoms with Crippen LogP contribution in [0.2, 0.25) is 0 Å². The fourth-order valence-corrected chi connectivity index (χ4v) is 3.46. The molecule has 0 fully saturated rings. The normalized spacial score (nSPS) is 14.1. The van der Waals surface area contributed by atoms with E-state index in [1.165, 1.54) is 11.3 Å². The fraction of sp³-hybridized carbons (Fsp3) is 0.143. The lowest BCUT2D eigenvalue weighted by Gasteiger charge is -2.19. The summed E-state index contributed by atoms with van der Waals surface area (Å²) in [6.45, 7) is 1.12. The molecule has 1 N–H and O–H groups in total. The third kappa shape index (κ3) is 2.85. The Hall–Kier alpha value is -3.54. The van der Waals surface area contributed by atoms with Gasteiger partial charge in [-0.25, -0.2) is 4.98 Å². The Balaban J connectivity index is 1.32. The largest absolute Gasteiger partial charge is 0.454 e. The molecule has 1 amide bonds. The lowest BCUT2D eigenvalue weighted by molar-refractivity contribution is 0.102. The van der Waals surface area contributed by atoms with Crippen molar-refractivity contribution in [2.75, 3.05) is 23.6 Å². The van der Waals surface area contributed by atoms with Crippen LogP contribution in [0, 0.1) is 0 Å². The Morgan fingerprint density at radius 1 is 1.04 bits per heavy atom. The molecule has 0 saturated heterocycles. The number of nitrogens with zero attached hydrogens (tertiary/aromatic N) is 2. The Kier molecular flexibility index (Phi) is 3.67. The Morgan fingerprint density at radius 3 is 2.81 bits per heavy atom. The molecule has 27 heavy (non-hydrogen) atoms. The maximum atomic E-state index is 12.5. The van der Waals surface area contributed by atoms with Gasteiger partial charge >= 0.3 is 0 Å². The zero-order valence-corrected chi connectivity index (χ0v) is 14.5. The minimum atomic E-state index is -0.262. The van der Waals surface area contributed by atoms with E-state index in [-0.39, 0.29) is 12.7 Å². The van der Waals surface area contributed by atoms with Gasteiger partial charge in [0.1, 0.15) is 5.69 Å². The minimum absolute atomic E-state index is 0.204. The van der Waals surface area contributed by atoms with E-state index in [1.54, 1.807) is 30.5 Å². The van der Waals surface area contributed by atoms with Crippen LogP contribution < -0.4 is 19.7 Å². The van der Waals surface area contributed by atoms with Gasteiger partial charge in [0.05, 0.1) is 11.9 Å². The van der Waals surface area contributed by atoms with Crippen molar-refractivity contribution in [2.24, 2.45) is 0 Å². The van der Waals surface area contributed by atoms with E-state index < -0.39 is 0 Å². The van der Waals surface area contributed by atoms with Crippen molar-refractivity contribution in [3.8, 4) is 11.5 Å². The summed E-state index contributed by atoms with van der Waals surface area (Å²) in [5.41, 5.74) is 4.53. The maximum absolute atomic E-state index is 12.5. The second-order valence-electron chi connectivity index (χ2n) is 6.45. The number of fused-ring (bicyclic) bond motifs is 2. The smallest absolute Gasteiger partial charge is 0.274 e. The van der Waals surface area contributed by atoms with Gasteiger partial charge in [0.15, 0.2) is 11.5 Å². The molecule has 0 bridgehead atoms. The number of hydrogen-bond acceptors (Lipinski definition) is 5. The van der Waals surface area contributed by atoms with Gasteiger partial charge in [-0.3, -0.25) is 4.79 Å². The van der Waals surface area contributed by atoms with Crippen LogP contribution in [-0.2, 0) is 6.42 Å². The van der Waals surface area contributed by atoms with Gasteiger partial charge in [0.25, 0.3) is 5.91 Å². The first-order valence-electron chi connectivity index (χ1n) is 8.80. The quantitative estimate of drug-likeness (QED) is 0.771. The van der Waals surface area contributed by atoms with Crippen LogP contribution in [0.15, 0.2) is 60.8 Å².